The first-order valence-electron chi connectivity index (χ1n) is 6.95. The van der Waals surface area contributed by atoms with Crippen molar-refractivity contribution < 1.29 is 14.3 Å². The Kier molecular flexibility index (Phi) is 7.68. The third-order valence-corrected chi connectivity index (χ3v) is 3.72. The molecule has 1 unspecified atom stereocenters. The molecule has 0 bridgehead atoms. The van der Waals surface area contributed by atoms with Crippen LogP contribution in [0.1, 0.15) is 47.0 Å². The average molecular weight is 272 g/mol. The second kappa shape index (κ2) is 8.15. The third-order valence-electron chi connectivity index (χ3n) is 3.72. The van der Waals surface area contributed by atoms with Crippen molar-refractivity contribution in [2.75, 3.05) is 13.7 Å². The topological polar surface area (TPSA) is 81.4 Å². The van der Waals surface area contributed by atoms with Crippen molar-refractivity contribution in [2.45, 2.75) is 53.0 Å². The molecule has 5 heteroatoms. The van der Waals surface area contributed by atoms with Gasteiger partial charge in [-0.15, -0.1) is 0 Å². The molecule has 3 N–H and O–H groups in total. The van der Waals surface area contributed by atoms with E-state index in [1.54, 1.807) is 0 Å². The van der Waals surface area contributed by atoms with Crippen LogP contribution in [0.5, 0.6) is 0 Å². The zero-order valence-electron chi connectivity index (χ0n) is 12.8. The fourth-order valence-electron chi connectivity index (χ4n) is 2.09. The number of esters is 1. The van der Waals surface area contributed by atoms with E-state index in [2.05, 4.69) is 5.32 Å². The highest BCUT2D eigenvalue weighted by atomic mass is 16.5. The Hall–Kier alpha value is -1.10. The van der Waals surface area contributed by atoms with E-state index in [0.717, 1.165) is 0 Å². The molecule has 0 aliphatic rings. The lowest BCUT2D eigenvalue weighted by Crippen LogP contribution is -2.51. The van der Waals surface area contributed by atoms with Crippen molar-refractivity contribution in [3.05, 3.63) is 0 Å². The zero-order chi connectivity index (χ0) is 15.1. The summed E-state index contributed by atoms with van der Waals surface area (Å²) in [5, 5.41) is 2.80. The number of ether oxygens (including phenoxy) is 1. The lowest BCUT2D eigenvalue weighted by Gasteiger charge is -2.30. The molecule has 0 radical (unpaired) electrons. The first-order chi connectivity index (χ1) is 8.86. The number of nitrogens with one attached hydrogen (secondary N) is 1. The van der Waals surface area contributed by atoms with Crippen molar-refractivity contribution >= 4 is 11.9 Å². The summed E-state index contributed by atoms with van der Waals surface area (Å²) in [7, 11) is 1.33. The maximum absolute atomic E-state index is 12.4. The van der Waals surface area contributed by atoms with Gasteiger partial charge in [0.05, 0.1) is 12.5 Å². The van der Waals surface area contributed by atoms with Crippen molar-refractivity contribution in [2.24, 2.45) is 17.1 Å². The van der Waals surface area contributed by atoms with Crippen LogP contribution < -0.4 is 11.1 Å². The second-order valence-electron chi connectivity index (χ2n) is 5.37. The number of nitrogens with two attached hydrogens (primary N) is 1. The lowest BCUT2D eigenvalue weighted by atomic mass is 9.81. The zero-order valence-corrected chi connectivity index (χ0v) is 12.8. The summed E-state index contributed by atoms with van der Waals surface area (Å²) < 4.78 is 4.74. The van der Waals surface area contributed by atoms with Gasteiger partial charge in [0.2, 0.25) is 5.91 Å². The Balaban J connectivity index is 4.92. The number of amides is 1. The van der Waals surface area contributed by atoms with Gasteiger partial charge in [0.25, 0.3) is 0 Å². The maximum atomic E-state index is 12.4. The van der Waals surface area contributed by atoms with Gasteiger partial charge in [0.15, 0.2) is 0 Å². The highest BCUT2D eigenvalue weighted by Gasteiger charge is 2.36. The van der Waals surface area contributed by atoms with Crippen molar-refractivity contribution in [1.29, 1.82) is 0 Å². The Bertz CT molecular complexity index is 291. The normalized spacial score (nSPS) is 13.2. The summed E-state index contributed by atoms with van der Waals surface area (Å²) in [6.07, 6.45) is 1.87. The van der Waals surface area contributed by atoms with Crippen LogP contribution in [-0.4, -0.2) is 31.6 Å². The standard InChI is InChI=1S/C14H28N2O3/c1-6-14(7-2,9-15)13(18)16-11(8-10(3)4)12(17)19-5/h10-11H,6-9,15H2,1-5H3,(H,16,18). The molecule has 0 aromatic rings. The van der Waals surface area contributed by atoms with E-state index >= 15 is 0 Å². The average Bonchev–Trinajstić information content (AvgIpc) is 2.39. The second-order valence-corrected chi connectivity index (χ2v) is 5.37. The first-order valence-corrected chi connectivity index (χ1v) is 6.95. The van der Waals surface area contributed by atoms with Crippen LogP contribution in [0.2, 0.25) is 0 Å². The van der Waals surface area contributed by atoms with Gasteiger partial charge in [0.1, 0.15) is 6.04 Å². The molecular weight excluding hydrogens is 244 g/mol. The summed E-state index contributed by atoms with van der Waals surface area (Å²) >= 11 is 0. The summed E-state index contributed by atoms with van der Waals surface area (Å²) in [4.78, 5) is 24.1. The summed E-state index contributed by atoms with van der Waals surface area (Å²) in [6, 6.07) is -0.596. The molecule has 0 aromatic carbocycles. The number of rotatable bonds is 8. The van der Waals surface area contributed by atoms with E-state index in [0.29, 0.717) is 25.2 Å². The SMILES string of the molecule is CCC(CC)(CN)C(=O)NC(CC(C)C)C(=O)OC. The maximum Gasteiger partial charge on any atom is 0.328 e. The highest BCUT2D eigenvalue weighted by Crippen LogP contribution is 2.25. The van der Waals surface area contributed by atoms with Crippen LogP contribution in [0.15, 0.2) is 0 Å². The van der Waals surface area contributed by atoms with E-state index in [-0.39, 0.29) is 12.5 Å². The predicted molar refractivity (Wildman–Crippen MR) is 75.5 cm³/mol. The van der Waals surface area contributed by atoms with Gasteiger partial charge >= 0.3 is 5.97 Å². The third kappa shape index (κ3) is 4.82. The molecule has 0 aliphatic heterocycles. The van der Waals surface area contributed by atoms with E-state index in [1.807, 2.05) is 27.7 Å². The Morgan fingerprint density at radius 2 is 1.79 bits per heavy atom. The van der Waals surface area contributed by atoms with Gasteiger partial charge < -0.3 is 15.8 Å². The molecule has 112 valence electrons. The summed E-state index contributed by atoms with van der Waals surface area (Å²) in [6.45, 7) is 8.15. The fraction of sp³-hybridized carbons (Fsp3) is 0.857. The number of carbonyl (C=O) groups is 2. The van der Waals surface area contributed by atoms with E-state index in [4.69, 9.17) is 10.5 Å². The van der Waals surface area contributed by atoms with Crippen LogP contribution >= 0.6 is 0 Å². The number of methoxy groups -OCH3 is 1. The molecule has 0 saturated carbocycles. The number of hydrogen-bond acceptors (Lipinski definition) is 4. The van der Waals surface area contributed by atoms with Crippen LogP contribution in [0, 0.1) is 11.3 Å². The molecule has 5 nitrogen and oxygen atoms in total. The molecule has 19 heavy (non-hydrogen) atoms. The molecule has 1 atom stereocenters. The van der Waals surface area contributed by atoms with Crippen molar-refractivity contribution in [3.63, 3.8) is 0 Å². The van der Waals surface area contributed by atoms with Crippen molar-refractivity contribution in [3.8, 4) is 0 Å². The van der Waals surface area contributed by atoms with Gasteiger partial charge in [0, 0.05) is 6.54 Å². The monoisotopic (exact) mass is 272 g/mol. The lowest BCUT2D eigenvalue weighted by molar-refractivity contribution is -0.147. The van der Waals surface area contributed by atoms with Crippen LogP contribution in [0.4, 0.5) is 0 Å². The molecule has 0 fully saturated rings. The Labute approximate surface area is 116 Å². The quantitative estimate of drug-likeness (QED) is 0.655. The van der Waals surface area contributed by atoms with Gasteiger partial charge in [-0.1, -0.05) is 27.7 Å². The minimum absolute atomic E-state index is 0.156. The number of hydrogen-bond donors (Lipinski definition) is 2. The molecule has 0 aliphatic carbocycles. The molecule has 0 spiro atoms. The smallest absolute Gasteiger partial charge is 0.328 e. The van der Waals surface area contributed by atoms with Gasteiger partial charge in [-0.25, -0.2) is 4.79 Å². The molecule has 1 amide bonds. The Morgan fingerprint density at radius 1 is 1.26 bits per heavy atom. The largest absolute Gasteiger partial charge is 0.467 e. The molecular formula is C14H28N2O3. The van der Waals surface area contributed by atoms with E-state index in [1.165, 1.54) is 7.11 Å². The predicted octanol–water partition coefficient (Wildman–Crippen LogP) is 1.46. The van der Waals surface area contributed by atoms with Crippen LogP contribution in [0.3, 0.4) is 0 Å². The van der Waals surface area contributed by atoms with E-state index < -0.39 is 17.4 Å². The molecule has 0 aromatic heterocycles. The van der Waals surface area contributed by atoms with Gasteiger partial charge in [-0.3, -0.25) is 4.79 Å². The van der Waals surface area contributed by atoms with Gasteiger partial charge in [-0.2, -0.15) is 0 Å². The molecule has 0 heterocycles. The summed E-state index contributed by atoms with van der Waals surface area (Å²) in [5.41, 5.74) is 5.14. The minimum Gasteiger partial charge on any atom is -0.467 e. The first kappa shape index (κ1) is 17.9. The highest BCUT2D eigenvalue weighted by molar-refractivity contribution is 5.88. The van der Waals surface area contributed by atoms with Crippen LogP contribution in [0.25, 0.3) is 0 Å². The fourth-order valence-corrected chi connectivity index (χ4v) is 2.09. The van der Waals surface area contributed by atoms with Crippen molar-refractivity contribution in [1.82, 2.24) is 5.32 Å². The minimum atomic E-state index is -0.596. The molecule has 0 saturated heterocycles. The van der Waals surface area contributed by atoms with E-state index in [9.17, 15) is 9.59 Å². The number of carbonyl (C=O) groups excluding carboxylic acids is 2. The summed E-state index contributed by atoms with van der Waals surface area (Å²) in [5.74, 6) is -0.267. The Morgan fingerprint density at radius 3 is 2.11 bits per heavy atom. The van der Waals surface area contributed by atoms with Gasteiger partial charge in [-0.05, 0) is 25.2 Å². The van der Waals surface area contributed by atoms with Crippen LogP contribution in [-0.2, 0) is 14.3 Å². The molecule has 0 rings (SSSR count).